The molecule has 0 spiro atoms. The van der Waals surface area contributed by atoms with Crippen LogP contribution in [0.5, 0.6) is 0 Å². The Balaban J connectivity index is 0.000000142. The maximum absolute atomic E-state index is 4.69. The van der Waals surface area contributed by atoms with Crippen LogP contribution in [0.25, 0.3) is 22.5 Å². The molecule has 6 rings (SSSR count). The molecule has 4 aromatic rings. The van der Waals surface area contributed by atoms with Crippen molar-refractivity contribution in [2.45, 2.75) is 79.1 Å². The molecule has 34 heavy (non-hydrogen) atoms. The van der Waals surface area contributed by atoms with Crippen molar-refractivity contribution < 1.29 is 0 Å². The van der Waals surface area contributed by atoms with E-state index in [9.17, 15) is 0 Å². The first kappa shape index (κ1) is 23.6. The van der Waals surface area contributed by atoms with Gasteiger partial charge in [-0.15, -0.1) is 22.7 Å². The maximum atomic E-state index is 4.69. The molecule has 2 aliphatic carbocycles. The molecule has 4 heterocycles. The van der Waals surface area contributed by atoms with Gasteiger partial charge in [0.25, 0.3) is 0 Å². The van der Waals surface area contributed by atoms with Gasteiger partial charge in [0.15, 0.2) is 0 Å². The quantitative estimate of drug-likeness (QED) is 0.260. The average Bonchev–Trinajstić information content (AvgIpc) is 3.43. The number of hydrogen-bond donors (Lipinski definition) is 0. The molecule has 0 aromatic carbocycles. The van der Waals surface area contributed by atoms with E-state index in [1.165, 1.54) is 64.3 Å². The molecule has 0 radical (unpaired) electrons. The Hall–Kier alpha value is -2.18. The summed E-state index contributed by atoms with van der Waals surface area (Å²) in [6.07, 6.45) is 6.50. The fourth-order valence-corrected chi connectivity index (χ4v) is 8.14. The average molecular weight is 493 g/mol. The van der Waals surface area contributed by atoms with Crippen molar-refractivity contribution in [3.8, 4) is 22.5 Å². The molecule has 2 aliphatic rings. The van der Waals surface area contributed by atoms with E-state index >= 15 is 0 Å². The number of hydrogen-bond acceptors (Lipinski definition) is 4. The van der Waals surface area contributed by atoms with Crippen LogP contribution >= 0.6 is 22.7 Å². The van der Waals surface area contributed by atoms with Crippen LogP contribution in [0.3, 0.4) is 0 Å². The lowest BCUT2D eigenvalue weighted by atomic mass is 9.73. The van der Waals surface area contributed by atoms with Crippen LogP contribution in [0.15, 0.2) is 12.4 Å². The van der Waals surface area contributed by atoms with Crippen LogP contribution in [0, 0.1) is 27.7 Å². The Morgan fingerprint density at radius 1 is 0.765 bits per heavy atom. The number of aryl methyl sites for hydroxylation is 6. The van der Waals surface area contributed by atoms with Crippen LogP contribution in [0.2, 0.25) is 0 Å². The van der Waals surface area contributed by atoms with Crippen molar-refractivity contribution in [3.63, 3.8) is 0 Å². The third-order valence-electron chi connectivity index (χ3n) is 7.71. The van der Waals surface area contributed by atoms with Crippen molar-refractivity contribution in [2.75, 3.05) is 0 Å². The summed E-state index contributed by atoms with van der Waals surface area (Å²) in [4.78, 5) is 5.77. The Morgan fingerprint density at radius 2 is 1.29 bits per heavy atom. The highest BCUT2D eigenvalue weighted by Gasteiger charge is 2.37. The molecule has 4 nitrogen and oxygen atoms in total. The molecule has 0 atom stereocenters. The largest absolute Gasteiger partial charge is 0.275 e. The first-order valence-corrected chi connectivity index (χ1v) is 13.7. The maximum Gasteiger partial charge on any atom is 0.0974 e. The minimum absolute atomic E-state index is 0.203. The number of aromatic nitrogens is 4. The Bertz CT molecular complexity index is 1410. The molecule has 0 saturated heterocycles. The van der Waals surface area contributed by atoms with Crippen LogP contribution in [0.1, 0.15) is 69.5 Å². The van der Waals surface area contributed by atoms with Gasteiger partial charge in [0.2, 0.25) is 0 Å². The SMILES string of the molecule is Cc1sc(C)c2c1CC(C)(C)c1cn(C)nc1-2.Cc1sc(C)c2c1CC(C)(C)c1cnn(C)c1-2. The molecule has 0 unspecified atom stereocenters. The van der Waals surface area contributed by atoms with Gasteiger partial charge >= 0.3 is 0 Å². The van der Waals surface area contributed by atoms with E-state index in [-0.39, 0.29) is 10.8 Å². The van der Waals surface area contributed by atoms with Gasteiger partial charge < -0.3 is 0 Å². The third-order valence-corrected chi connectivity index (χ3v) is 9.83. The molecule has 6 heteroatoms. The summed E-state index contributed by atoms with van der Waals surface area (Å²) in [7, 11) is 4.07. The number of fused-ring (bicyclic) bond motifs is 6. The van der Waals surface area contributed by atoms with Crippen molar-refractivity contribution in [1.82, 2.24) is 19.6 Å². The number of rotatable bonds is 0. The zero-order chi connectivity index (χ0) is 24.7. The van der Waals surface area contributed by atoms with Crippen molar-refractivity contribution >= 4 is 22.7 Å². The minimum atomic E-state index is 0.203. The molecule has 0 N–H and O–H groups in total. The second kappa shape index (κ2) is 7.66. The molecule has 0 amide bonds. The first-order valence-electron chi connectivity index (χ1n) is 12.1. The molecular formula is C28H36N4S2. The van der Waals surface area contributed by atoms with E-state index in [1.54, 1.807) is 0 Å². The number of nitrogens with zero attached hydrogens (tertiary/aromatic N) is 4. The molecule has 0 bridgehead atoms. The third kappa shape index (κ3) is 3.44. The normalized spacial score (nSPS) is 16.8. The standard InChI is InChI=1S/2C14H18N2S/c1-8-10-6-14(3,4)11-7-16(5)15-13(11)12(10)9(2)17-8;1-8-10-6-14(3,4)11-7-15-16(5)13(11)12(10)9(2)17-8/h2*7H,6H2,1-5H3. The lowest BCUT2D eigenvalue weighted by molar-refractivity contribution is 0.516. The summed E-state index contributed by atoms with van der Waals surface area (Å²) in [5, 5.41) is 9.15. The predicted octanol–water partition coefficient (Wildman–Crippen LogP) is 7.20. The van der Waals surface area contributed by atoms with Gasteiger partial charge in [0.1, 0.15) is 0 Å². The van der Waals surface area contributed by atoms with Gasteiger partial charge in [-0.25, -0.2) is 0 Å². The fourth-order valence-electron chi connectivity index (χ4n) is 5.98. The zero-order valence-corrected chi connectivity index (χ0v) is 23.8. The van der Waals surface area contributed by atoms with Crippen molar-refractivity contribution in [1.29, 1.82) is 0 Å². The smallest absolute Gasteiger partial charge is 0.0974 e. The van der Waals surface area contributed by atoms with Crippen molar-refractivity contribution in [3.05, 3.63) is 54.2 Å². The van der Waals surface area contributed by atoms with E-state index < -0.39 is 0 Å². The summed E-state index contributed by atoms with van der Waals surface area (Å²) in [5.41, 5.74) is 11.6. The Labute approximate surface area is 211 Å². The molecule has 0 fully saturated rings. The summed E-state index contributed by atoms with van der Waals surface area (Å²) in [6, 6.07) is 0. The van der Waals surface area contributed by atoms with Gasteiger partial charge in [-0.1, -0.05) is 27.7 Å². The summed E-state index contributed by atoms with van der Waals surface area (Å²) >= 11 is 3.83. The first-order chi connectivity index (χ1) is 15.8. The van der Waals surface area contributed by atoms with Gasteiger partial charge in [0, 0.05) is 62.1 Å². The van der Waals surface area contributed by atoms with Crippen molar-refractivity contribution in [2.24, 2.45) is 14.1 Å². The minimum Gasteiger partial charge on any atom is -0.275 e. The number of thiophene rings is 2. The highest BCUT2D eigenvalue weighted by Crippen LogP contribution is 2.48. The summed E-state index contributed by atoms with van der Waals surface area (Å²) < 4.78 is 3.99. The van der Waals surface area contributed by atoms with E-state index in [4.69, 9.17) is 0 Å². The molecule has 4 aromatic heterocycles. The second-order valence-corrected chi connectivity index (χ2v) is 14.2. The monoisotopic (exact) mass is 492 g/mol. The lowest BCUT2D eigenvalue weighted by Gasteiger charge is -2.31. The summed E-state index contributed by atoms with van der Waals surface area (Å²) in [6.45, 7) is 18.2. The van der Waals surface area contributed by atoms with E-state index in [1.807, 2.05) is 45.3 Å². The van der Waals surface area contributed by atoms with E-state index in [0.29, 0.717) is 0 Å². The van der Waals surface area contributed by atoms with E-state index in [0.717, 1.165) is 12.8 Å². The lowest BCUT2D eigenvalue weighted by Crippen LogP contribution is -2.25. The Kier molecular flexibility index (Phi) is 5.31. The van der Waals surface area contributed by atoms with Gasteiger partial charge in [-0.05, 0) is 62.5 Å². The predicted molar refractivity (Wildman–Crippen MR) is 145 cm³/mol. The fraction of sp³-hybridized carbons (Fsp3) is 0.500. The second-order valence-electron chi connectivity index (χ2n) is 11.4. The van der Waals surface area contributed by atoms with Gasteiger partial charge in [0.05, 0.1) is 17.6 Å². The highest BCUT2D eigenvalue weighted by atomic mass is 32.1. The summed E-state index contributed by atoms with van der Waals surface area (Å²) in [5.74, 6) is 0. The van der Waals surface area contributed by atoms with Gasteiger partial charge in [-0.3, -0.25) is 9.36 Å². The van der Waals surface area contributed by atoms with Crippen LogP contribution in [-0.2, 0) is 37.8 Å². The van der Waals surface area contributed by atoms with Gasteiger partial charge in [-0.2, -0.15) is 10.2 Å². The van der Waals surface area contributed by atoms with Crippen LogP contribution in [-0.4, -0.2) is 19.6 Å². The van der Waals surface area contributed by atoms with Crippen LogP contribution in [0.4, 0.5) is 0 Å². The molecular weight excluding hydrogens is 456 g/mol. The zero-order valence-electron chi connectivity index (χ0n) is 22.2. The van der Waals surface area contributed by atoms with Crippen LogP contribution < -0.4 is 0 Å². The highest BCUT2D eigenvalue weighted by molar-refractivity contribution is 7.12. The molecule has 180 valence electrons. The van der Waals surface area contributed by atoms with E-state index in [2.05, 4.69) is 78.8 Å². The molecule has 0 aliphatic heterocycles. The Morgan fingerprint density at radius 3 is 1.91 bits per heavy atom. The molecule has 0 saturated carbocycles. The topological polar surface area (TPSA) is 35.6 Å².